The highest BCUT2D eigenvalue weighted by Gasteiger charge is 2.28. The fraction of sp³-hybridized carbons (Fsp3) is 0.438. The summed E-state index contributed by atoms with van der Waals surface area (Å²) in [5.74, 6) is 0.0275. The van der Waals surface area contributed by atoms with Gasteiger partial charge in [-0.25, -0.2) is 0 Å². The lowest BCUT2D eigenvalue weighted by atomic mass is 10.1. The minimum Gasteiger partial charge on any atom is -0.493 e. The Hall–Kier alpha value is -2.16. The van der Waals surface area contributed by atoms with Crippen molar-refractivity contribution in [2.75, 3.05) is 11.9 Å². The Bertz CT molecular complexity index is 732. The standard InChI is InChI=1S/C16H18F3N3O2S/c1-10-3-4-12(9-11(10)2)24-8-6-14-21-22-15(25-14)20-13(23)5-7-16(17,18)19/h3-4,9H,5-8H2,1-2H3,(H,20,22,23). The summed E-state index contributed by atoms with van der Waals surface area (Å²) in [4.78, 5) is 11.4. The van der Waals surface area contributed by atoms with E-state index in [2.05, 4.69) is 15.5 Å². The van der Waals surface area contributed by atoms with Crippen LogP contribution in [0.2, 0.25) is 0 Å². The Balaban J connectivity index is 1.77. The normalized spacial score (nSPS) is 11.4. The number of nitrogens with one attached hydrogen (secondary N) is 1. The summed E-state index contributed by atoms with van der Waals surface area (Å²) in [6.45, 7) is 4.41. The second-order valence-electron chi connectivity index (χ2n) is 5.51. The third-order valence-corrected chi connectivity index (χ3v) is 4.31. The van der Waals surface area contributed by atoms with Crippen LogP contribution >= 0.6 is 11.3 Å². The lowest BCUT2D eigenvalue weighted by Gasteiger charge is -2.07. The molecular formula is C16H18F3N3O2S. The Morgan fingerprint density at radius 2 is 2.00 bits per heavy atom. The van der Waals surface area contributed by atoms with Crippen molar-refractivity contribution >= 4 is 22.4 Å². The third-order valence-electron chi connectivity index (χ3n) is 3.41. The summed E-state index contributed by atoms with van der Waals surface area (Å²) in [6.07, 6.45) is -5.65. The molecule has 1 amide bonds. The maximum atomic E-state index is 12.1. The van der Waals surface area contributed by atoms with Crippen molar-refractivity contribution in [1.82, 2.24) is 10.2 Å². The van der Waals surface area contributed by atoms with Gasteiger partial charge >= 0.3 is 6.18 Å². The number of benzene rings is 1. The molecule has 2 aromatic rings. The van der Waals surface area contributed by atoms with Crippen LogP contribution in [0, 0.1) is 13.8 Å². The molecule has 1 aromatic carbocycles. The minimum atomic E-state index is -4.35. The molecule has 0 aliphatic rings. The van der Waals surface area contributed by atoms with E-state index in [9.17, 15) is 18.0 Å². The van der Waals surface area contributed by atoms with Crippen LogP contribution in [0.4, 0.5) is 18.3 Å². The van der Waals surface area contributed by atoms with Gasteiger partial charge in [-0.2, -0.15) is 13.2 Å². The number of amides is 1. The first-order valence-electron chi connectivity index (χ1n) is 7.62. The molecular weight excluding hydrogens is 355 g/mol. The molecule has 5 nitrogen and oxygen atoms in total. The Morgan fingerprint density at radius 3 is 2.68 bits per heavy atom. The van der Waals surface area contributed by atoms with E-state index in [1.165, 1.54) is 5.56 Å². The molecule has 2 rings (SSSR count). The van der Waals surface area contributed by atoms with E-state index < -0.39 is 24.9 Å². The monoisotopic (exact) mass is 373 g/mol. The van der Waals surface area contributed by atoms with Crippen LogP contribution in [0.15, 0.2) is 18.2 Å². The smallest absolute Gasteiger partial charge is 0.389 e. The lowest BCUT2D eigenvalue weighted by molar-refractivity contribution is -0.142. The first-order chi connectivity index (χ1) is 11.7. The summed E-state index contributed by atoms with van der Waals surface area (Å²) in [5, 5.41) is 10.8. The summed E-state index contributed by atoms with van der Waals surface area (Å²) in [7, 11) is 0. The van der Waals surface area contributed by atoms with Gasteiger partial charge < -0.3 is 10.1 Å². The maximum Gasteiger partial charge on any atom is 0.389 e. The van der Waals surface area contributed by atoms with Gasteiger partial charge in [-0.15, -0.1) is 10.2 Å². The van der Waals surface area contributed by atoms with Crippen molar-refractivity contribution in [3.63, 3.8) is 0 Å². The van der Waals surface area contributed by atoms with Crippen LogP contribution in [0.1, 0.15) is 29.0 Å². The summed E-state index contributed by atoms with van der Waals surface area (Å²) in [6, 6.07) is 5.81. The van der Waals surface area contributed by atoms with E-state index in [1.54, 1.807) is 0 Å². The molecule has 0 aliphatic carbocycles. The van der Waals surface area contributed by atoms with Crippen LogP contribution in [-0.2, 0) is 11.2 Å². The molecule has 25 heavy (non-hydrogen) atoms. The fourth-order valence-electron chi connectivity index (χ4n) is 1.90. The molecule has 0 aliphatic heterocycles. The molecule has 1 N–H and O–H groups in total. The summed E-state index contributed by atoms with van der Waals surface area (Å²) >= 11 is 1.12. The number of hydrogen-bond acceptors (Lipinski definition) is 5. The van der Waals surface area contributed by atoms with Crippen LogP contribution in [0.25, 0.3) is 0 Å². The molecule has 0 fully saturated rings. The highest BCUT2D eigenvalue weighted by Crippen LogP contribution is 2.22. The van der Waals surface area contributed by atoms with E-state index in [0.29, 0.717) is 18.0 Å². The Morgan fingerprint density at radius 1 is 1.24 bits per heavy atom. The third kappa shape index (κ3) is 6.69. The van der Waals surface area contributed by atoms with E-state index >= 15 is 0 Å². The quantitative estimate of drug-likeness (QED) is 0.795. The molecule has 0 spiro atoms. The molecule has 0 bridgehead atoms. The number of carbonyl (C=O) groups excluding carboxylic acids is 1. The minimum absolute atomic E-state index is 0.188. The van der Waals surface area contributed by atoms with Gasteiger partial charge in [0.25, 0.3) is 0 Å². The van der Waals surface area contributed by atoms with Crippen molar-refractivity contribution in [2.45, 2.75) is 39.3 Å². The molecule has 9 heteroatoms. The lowest BCUT2D eigenvalue weighted by Crippen LogP contribution is -2.16. The van der Waals surface area contributed by atoms with Crippen molar-refractivity contribution in [3.05, 3.63) is 34.3 Å². The number of rotatable bonds is 7. The number of nitrogens with zero attached hydrogens (tertiary/aromatic N) is 2. The second-order valence-corrected chi connectivity index (χ2v) is 6.57. The number of aryl methyl sites for hydroxylation is 2. The van der Waals surface area contributed by atoms with Crippen molar-refractivity contribution in [2.24, 2.45) is 0 Å². The highest BCUT2D eigenvalue weighted by molar-refractivity contribution is 7.15. The van der Waals surface area contributed by atoms with Gasteiger partial charge in [-0.1, -0.05) is 17.4 Å². The molecule has 0 saturated carbocycles. The summed E-state index contributed by atoms with van der Waals surface area (Å²) in [5.41, 5.74) is 2.32. The topological polar surface area (TPSA) is 64.1 Å². The van der Waals surface area contributed by atoms with Gasteiger partial charge in [-0.05, 0) is 37.1 Å². The van der Waals surface area contributed by atoms with Gasteiger partial charge in [0, 0.05) is 12.8 Å². The van der Waals surface area contributed by atoms with Gasteiger partial charge in [0.15, 0.2) is 0 Å². The largest absolute Gasteiger partial charge is 0.493 e. The van der Waals surface area contributed by atoms with Gasteiger partial charge in [0.1, 0.15) is 10.8 Å². The average molecular weight is 373 g/mol. The zero-order valence-corrected chi connectivity index (χ0v) is 14.6. The van der Waals surface area contributed by atoms with Crippen LogP contribution < -0.4 is 10.1 Å². The predicted octanol–water partition coefficient (Wildman–Crippen LogP) is 4.06. The second kappa shape index (κ2) is 8.28. The number of halogens is 3. The number of anilines is 1. The van der Waals surface area contributed by atoms with Gasteiger partial charge in [0.05, 0.1) is 13.0 Å². The Kier molecular flexibility index (Phi) is 6.35. The number of aromatic nitrogens is 2. The number of alkyl halides is 3. The van der Waals surface area contributed by atoms with Crippen molar-refractivity contribution < 1.29 is 22.7 Å². The number of hydrogen-bond donors (Lipinski definition) is 1. The van der Waals surface area contributed by atoms with E-state index in [0.717, 1.165) is 22.6 Å². The molecule has 1 heterocycles. The van der Waals surface area contributed by atoms with Crippen LogP contribution in [-0.4, -0.2) is 28.9 Å². The molecule has 136 valence electrons. The summed E-state index contributed by atoms with van der Waals surface area (Å²) < 4.78 is 41.8. The molecule has 0 radical (unpaired) electrons. The number of ether oxygens (including phenoxy) is 1. The fourth-order valence-corrected chi connectivity index (χ4v) is 2.64. The first-order valence-corrected chi connectivity index (χ1v) is 8.43. The zero-order chi connectivity index (χ0) is 18.4. The van der Waals surface area contributed by atoms with Crippen molar-refractivity contribution in [1.29, 1.82) is 0 Å². The molecule has 0 unspecified atom stereocenters. The molecule has 1 aromatic heterocycles. The average Bonchev–Trinajstić information content (AvgIpc) is 2.95. The number of carbonyl (C=O) groups is 1. The van der Waals surface area contributed by atoms with Gasteiger partial charge in [-0.3, -0.25) is 4.79 Å². The Labute approximate surface area is 147 Å². The zero-order valence-electron chi connectivity index (χ0n) is 13.8. The molecule has 0 saturated heterocycles. The maximum absolute atomic E-state index is 12.1. The predicted molar refractivity (Wildman–Crippen MR) is 88.9 cm³/mol. The molecule has 0 atom stereocenters. The first kappa shape index (κ1) is 19.2. The van der Waals surface area contributed by atoms with E-state index in [1.807, 2.05) is 32.0 Å². The van der Waals surface area contributed by atoms with Crippen LogP contribution in [0.3, 0.4) is 0 Å². The van der Waals surface area contributed by atoms with Crippen molar-refractivity contribution in [3.8, 4) is 5.75 Å². The van der Waals surface area contributed by atoms with E-state index in [-0.39, 0.29) is 5.13 Å². The van der Waals surface area contributed by atoms with E-state index in [4.69, 9.17) is 4.74 Å². The highest BCUT2D eigenvalue weighted by atomic mass is 32.1. The SMILES string of the molecule is Cc1ccc(OCCc2nnc(NC(=O)CCC(F)(F)F)s2)cc1C. The van der Waals surface area contributed by atoms with Crippen LogP contribution in [0.5, 0.6) is 5.75 Å². The van der Waals surface area contributed by atoms with Gasteiger partial charge in [0.2, 0.25) is 11.0 Å².